The molecule has 1 aromatic carbocycles. The van der Waals surface area contributed by atoms with Crippen molar-refractivity contribution in [2.24, 2.45) is 11.7 Å². The molecule has 4 heteroatoms. The second-order valence-electron chi connectivity index (χ2n) is 6.44. The Morgan fingerprint density at radius 3 is 2.38 bits per heavy atom. The van der Waals surface area contributed by atoms with Crippen molar-refractivity contribution in [2.75, 3.05) is 0 Å². The van der Waals surface area contributed by atoms with Gasteiger partial charge >= 0.3 is 6.18 Å². The largest absolute Gasteiger partial charge is 0.416 e. The van der Waals surface area contributed by atoms with Crippen LogP contribution in [0.15, 0.2) is 24.3 Å². The molecule has 118 valence electrons. The third kappa shape index (κ3) is 4.47. The molecule has 0 radical (unpaired) electrons. The van der Waals surface area contributed by atoms with Gasteiger partial charge in [0.05, 0.1) is 5.56 Å². The molecule has 2 unspecified atom stereocenters. The maximum absolute atomic E-state index is 12.6. The molecular formula is C17H24F3N. The lowest BCUT2D eigenvalue weighted by Gasteiger charge is -2.28. The minimum absolute atomic E-state index is 0.260. The van der Waals surface area contributed by atoms with E-state index in [4.69, 9.17) is 5.73 Å². The number of rotatable bonds is 3. The van der Waals surface area contributed by atoms with Gasteiger partial charge < -0.3 is 5.73 Å². The third-order valence-electron chi connectivity index (χ3n) is 4.75. The van der Waals surface area contributed by atoms with Crippen molar-refractivity contribution in [1.82, 2.24) is 0 Å². The molecule has 1 aliphatic rings. The molecule has 1 aliphatic carbocycles. The van der Waals surface area contributed by atoms with E-state index in [1.165, 1.54) is 12.8 Å². The molecule has 0 aliphatic heterocycles. The fraction of sp³-hybridized carbons (Fsp3) is 0.647. The van der Waals surface area contributed by atoms with E-state index < -0.39 is 11.7 Å². The van der Waals surface area contributed by atoms with Crippen LogP contribution in [0.4, 0.5) is 13.2 Å². The minimum atomic E-state index is -4.27. The first kappa shape index (κ1) is 16.3. The predicted molar refractivity (Wildman–Crippen MR) is 78.9 cm³/mol. The zero-order valence-corrected chi connectivity index (χ0v) is 12.5. The van der Waals surface area contributed by atoms with E-state index in [1.807, 2.05) is 0 Å². The van der Waals surface area contributed by atoms with Crippen molar-refractivity contribution in [1.29, 1.82) is 0 Å². The van der Waals surface area contributed by atoms with Crippen molar-refractivity contribution in [3.8, 4) is 0 Å². The van der Waals surface area contributed by atoms with Crippen molar-refractivity contribution in [3.63, 3.8) is 0 Å². The minimum Gasteiger partial charge on any atom is -0.325 e. The molecule has 1 aromatic rings. The molecule has 0 aromatic heterocycles. The van der Waals surface area contributed by atoms with Crippen LogP contribution in [0.5, 0.6) is 0 Å². The number of hydrogen-bond donors (Lipinski definition) is 1. The Labute approximate surface area is 124 Å². The van der Waals surface area contributed by atoms with Crippen LogP contribution < -0.4 is 5.73 Å². The Hall–Kier alpha value is -1.03. The van der Waals surface area contributed by atoms with Gasteiger partial charge in [0.1, 0.15) is 0 Å². The Morgan fingerprint density at radius 2 is 1.81 bits per heavy atom. The Balaban J connectivity index is 2.03. The average molecular weight is 299 g/mol. The van der Waals surface area contributed by atoms with Crippen LogP contribution in [0.2, 0.25) is 0 Å². The molecule has 0 saturated heterocycles. The Kier molecular flexibility index (Phi) is 4.97. The smallest absolute Gasteiger partial charge is 0.325 e. The molecule has 1 saturated carbocycles. The second-order valence-corrected chi connectivity index (χ2v) is 6.44. The summed E-state index contributed by atoms with van der Waals surface area (Å²) in [5, 5.41) is 0. The van der Waals surface area contributed by atoms with Gasteiger partial charge in [-0.3, -0.25) is 0 Å². The van der Waals surface area contributed by atoms with Crippen molar-refractivity contribution < 1.29 is 13.2 Å². The van der Waals surface area contributed by atoms with E-state index in [1.54, 1.807) is 12.1 Å². The zero-order chi connectivity index (χ0) is 15.5. The van der Waals surface area contributed by atoms with E-state index in [9.17, 15) is 13.2 Å². The molecular weight excluding hydrogens is 275 g/mol. The fourth-order valence-corrected chi connectivity index (χ4v) is 3.31. The highest BCUT2D eigenvalue weighted by atomic mass is 19.4. The van der Waals surface area contributed by atoms with Gasteiger partial charge in [-0.1, -0.05) is 38.3 Å². The van der Waals surface area contributed by atoms with Gasteiger partial charge in [0, 0.05) is 5.54 Å². The number of nitrogens with two attached hydrogens (primary N) is 1. The summed E-state index contributed by atoms with van der Waals surface area (Å²) in [6.45, 7) is 2.21. The summed E-state index contributed by atoms with van der Waals surface area (Å²) in [6.07, 6.45) is 3.00. The first-order chi connectivity index (χ1) is 9.82. The summed E-state index contributed by atoms with van der Waals surface area (Å²) in [7, 11) is 0. The number of halogens is 3. The Morgan fingerprint density at radius 1 is 1.14 bits per heavy atom. The molecule has 1 nitrogen and oxygen atoms in total. The van der Waals surface area contributed by atoms with Crippen LogP contribution in [0.1, 0.15) is 56.6 Å². The van der Waals surface area contributed by atoms with Crippen molar-refractivity contribution in [3.05, 3.63) is 35.4 Å². The highest BCUT2D eigenvalue weighted by Crippen LogP contribution is 2.33. The van der Waals surface area contributed by atoms with Crippen LogP contribution in [-0.2, 0) is 12.6 Å². The first-order valence-corrected chi connectivity index (χ1v) is 7.77. The van der Waals surface area contributed by atoms with Gasteiger partial charge in [-0.2, -0.15) is 13.2 Å². The van der Waals surface area contributed by atoms with Gasteiger partial charge in [0.25, 0.3) is 0 Å². The maximum Gasteiger partial charge on any atom is 0.416 e. The molecule has 1 fully saturated rings. The lowest BCUT2D eigenvalue weighted by atomic mass is 9.84. The van der Waals surface area contributed by atoms with E-state index in [0.29, 0.717) is 6.42 Å². The molecule has 0 spiro atoms. The van der Waals surface area contributed by atoms with Gasteiger partial charge in [-0.15, -0.1) is 0 Å². The van der Waals surface area contributed by atoms with Crippen LogP contribution in [-0.4, -0.2) is 5.54 Å². The summed E-state index contributed by atoms with van der Waals surface area (Å²) in [6, 6.07) is 5.45. The molecule has 0 heterocycles. The second kappa shape index (κ2) is 6.39. The third-order valence-corrected chi connectivity index (χ3v) is 4.75. The van der Waals surface area contributed by atoms with Crippen LogP contribution >= 0.6 is 0 Å². The van der Waals surface area contributed by atoms with Crippen LogP contribution in [0, 0.1) is 5.92 Å². The summed E-state index contributed by atoms with van der Waals surface area (Å²) in [5.41, 5.74) is 6.56. The monoisotopic (exact) mass is 299 g/mol. The lowest BCUT2D eigenvalue weighted by molar-refractivity contribution is -0.137. The molecule has 21 heavy (non-hydrogen) atoms. The zero-order valence-electron chi connectivity index (χ0n) is 12.5. The van der Waals surface area contributed by atoms with E-state index in [-0.39, 0.29) is 5.54 Å². The van der Waals surface area contributed by atoms with Gasteiger partial charge in [-0.05, 0) is 49.3 Å². The van der Waals surface area contributed by atoms with Gasteiger partial charge in [-0.25, -0.2) is 0 Å². The predicted octanol–water partition coefficient (Wildman–Crippen LogP) is 4.94. The van der Waals surface area contributed by atoms with Gasteiger partial charge in [0.2, 0.25) is 0 Å². The number of benzene rings is 1. The molecule has 2 N–H and O–H groups in total. The van der Waals surface area contributed by atoms with Crippen molar-refractivity contribution >= 4 is 0 Å². The summed E-state index contributed by atoms with van der Waals surface area (Å²) in [5.74, 6) is 0.753. The van der Waals surface area contributed by atoms with Crippen LogP contribution in [0.25, 0.3) is 0 Å². The first-order valence-electron chi connectivity index (χ1n) is 7.77. The fourth-order valence-electron chi connectivity index (χ4n) is 3.31. The van der Waals surface area contributed by atoms with E-state index in [0.717, 1.165) is 49.3 Å². The highest BCUT2D eigenvalue weighted by molar-refractivity contribution is 5.26. The van der Waals surface area contributed by atoms with E-state index in [2.05, 4.69) is 6.92 Å². The molecule has 0 amide bonds. The number of alkyl halides is 3. The molecule has 2 rings (SSSR count). The van der Waals surface area contributed by atoms with Crippen molar-refractivity contribution in [2.45, 2.75) is 63.6 Å². The van der Waals surface area contributed by atoms with Crippen LogP contribution in [0.3, 0.4) is 0 Å². The Bertz CT molecular complexity index is 452. The summed E-state index contributed by atoms with van der Waals surface area (Å²) in [4.78, 5) is 0. The summed E-state index contributed by atoms with van der Waals surface area (Å²) < 4.78 is 37.7. The SMILES string of the molecule is CCC1CCCC(N)(Cc2ccc(C(F)(F)F)cc2)CC1. The molecule has 2 atom stereocenters. The number of hydrogen-bond acceptors (Lipinski definition) is 1. The normalized spacial score (nSPS) is 27.4. The quantitative estimate of drug-likeness (QED) is 0.786. The standard InChI is InChI=1S/C17H24F3N/c1-2-13-4-3-10-16(21,11-9-13)12-14-5-7-15(8-6-14)17(18,19)20/h5-8,13H,2-4,9-12,21H2,1H3. The lowest BCUT2D eigenvalue weighted by Crippen LogP contribution is -2.41. The highest BCUT2D eigenvalue weighted by Gasteiger charge is 2.31. The molecule has 0 bridgehead atoms. The summed E-state index contributed by atoms with van der Waals surface area (Å²) >= 11 is 0. The van der Waals surface area contributed by atoms with E-state index >= 15 is 0 Å². The maximum atomic E-state index is 12.6. The van der Waals surface area contributed by atoms with Gasteiger partial charge in [0.15, 0.2) is 0 Å². The topological polar surface area (TPSA) is 26.0 Å². The average Bonchev–Trinajstić information content (AvgIpc) is 2.60.